The Bertz CT molecular complexity index is 875. The smallest absolute Gasteiger partial charge is 0.0922 e. The number of aromatic nitrogens is 2. The Morgan fingerprint density at radius 3 is 2.72 bits per heavy atom. The first kappa shape index (κ1) is 16.8. The molecule has 1 atom stereocenters. The number of imidazole rings is 1. The maximum absolute atomic E-state index is 5.73. The molecule has 3 aromatic rings. The Labute approximate surface area is 148 Å². The highest BCUT2D eigenvalue weighted by Crippen LogP contribution is 2.34. The van der Waals surface area contributed by atoms with Crippen LogP contribution < -0.4 is 11.1 Å². The summed E-state index contributed by atoms with van der Waals surface area (Å²) in [6.45, 7) is 6.19. The van der Waals surface area contributed by atoms with Crippen LogP contribution in [0.4, 0.5) is 5.69 Å². The fourth-order valence-corrected chi connectivity index (χ4v) is 3.04. The molecule has 0 aliphatic rings. The minimum absolute atomic E-state index is 0.104. The number of anilines is 1. The third kappa shape index (κ3) is 3.74. The standard InChI is InChI=1S/C21H24N4/c1-14-6-4-9-19(16(14)3)21(20-12-23-13-25-20)17-7-5-8-18(10-17)24-11-15(2)22/h4-13,21,24H,22H2,1-3H3,(H,23,25)/b15-11-. The maximum atomic E-state index is 5.73. The zero-order valence-electron chi connectivity index (χ0n) is 14.9. The molecule has 0 fully saturated rings. The van der Waals surface area contributed by atoms with Crippen LogP contribution in [-0.4, -0.2) is 9.97 Å². The van der Waals surface area contributed by atoms with E-state index < -0.39 is 0 Å². The van der Waals surface area contributed by atoms with Crippen molar-refractivity contribution in [1.82, 2.24) is 9.97 Å². The number of nitrogens with one attached hydrogen (secondary N) is 2. The minimum atomic E-state index is 0.104. The Morgan fingerprint density at radius 2 is 2.00 bits per heavy atom. The van der Waals surface area contributed by atoms with E-state index >= 15 is 0 Å². The van der Waals surface area contributed by atoms with E-state index in [4.69, 9.17) is 5.73 Å². The minimum Gasteiger partial charge on any atom is -0.401 e. The van der Waals surface area contributed by atoms with Crippen molar-refractivity contribution < 1.29 is 0 Å². The van der Waals surface area contributed by atoms with Crippen molar-refractivity contribution in [2.24, 2.45) is 5.73 Å². The molecular formula is C21H24N4. The van der Waals surface area contributed by atoms with Crippen LogP contribution in [0.1, 0.15) is 40.8 Å². The molecule has 0 saturated heterocycles. The van der Waals surface area contributed by atoms with Crippen molar-refractivity contribution in [3.63, 3.8) is 0 Å². The van der Waals surface area contributed by atoms with Crippen LogP contribution in [-0.2, 0) is 0 Å². The average Bonchev–Trinajstić information content (AvgIpc) is 3.12. The molecule has 25 heavy (non-hydrogen) atoms. The van der Waals surface area contributed by atoms with Crippen molar-refractivity contribution >= 4 is 5.69 Å². The molecule has 4 heteroatoms. The van der Waals surface area contributed by atoms with Gasteiger partial charge in [-0.25, -0.2) is 4.98 Å². The molecular weight excluding hydrogens is 308 g/mol. The second-order valence-corrected chi connectivity index (χ2v) is 6.39. The van der Waals surface area contributed by atoms with Gasteiger partial charge < -0.3 is 16.0 Å². The van der Waals surface area contributed by atoms with Crippen LogP contribution in [0.3, 0.4) is 0 Å². The molecule has 128 valence electrons. The second-order valence-electron chi connectivity index (χ2n) is 6.39. The van der Waals surface area contributed by atoms with Gasteiger partial charge in [-0.1, -0.05) is 30.3 Å². The summed E-state index contributed by atoms with van der Waals surface area (Å²) in [7, 11) is 0. The molecule has 4 nitrogen and oxygen atoms in total. The Kier molecular flexibility index (Phi) is 4.89. The van der Waals surface area contributed by atoms with Gasteiger partial charge in [-0.15, -0.1) is 0 Å². The lowest BCUT2D eigenvalue weighted by atomic mass is 9.85. The van der Waals surface area contributed by atoms with E-state index in [1.54, 1.807) is 6.33 Å². The molecule has 1 heterocycles. The number of benzene rings is 2. The van der Waals surface area contributed by atoms with Crippen molar-refractivity contribution in [3.8, 4) is 0 Å². The fraction of sp³-hybridized carbons (Fsp3) is 0.190. The SMILES string of the molecule is C/C(N)=C/Nc1cccc(C(c2cnc[nH]2)c2cccc(C)c2C)c1. The summed E-state index contributed by atoms with van der Waals surface area (Å²) >= 11 is 0. The maximum Gasteiger partial charge on any atom is 0.0922 e. The van der Waals surface area contributed by atoms with E-state index in [9.17, 15) is 0 Å². The summed E-state index contributed by atoms with van der Waals surface area (Å²) in [5.74, 6) is 0.104. The molecule has 0 aliphatic carbocycles. The number of rotatable bonds is 5. The summed E-state index contributed by atoms with van der Waals surface area (Å²) in [6, 6.07) is 14.9. The van der Waals surface area contributed by atoms with E-state index in [1.807, 2.05) is 25.4 Å². The third-order valence-electron chi connectivity index (χ3n) is 4.47. The monoisotopic (exact) mass is 332 g/mol. The molecule has 0 aliphatic heterocycles. The number of aryl methyl sites for hydroxylation is 1. The lowest BCUT2D eigenvalue weighted by Crippen LogP contribution is -2.07. The van der Waals surface area contributed by atoms with Gasteiger partial charge in [0.2, 0.25) is 0 Å². The first-order chi connectivity index (χ1) is 12.1. The number of hydrogen-bond donors (Lipinski definition) is 3. The van der Waals surface area contributed by atoms with Crippen molar-refractivity contribution in [2.75, 3.05) is 5.32 Å². The summed E-state index contributed by atoms with van der Waals surface area (Å²) in [4.78, 5) is 7.52. The molecule has 0 spiro atoms. The average molecular weight is 332 g/mol. The number of nitrogens with zero attached hydrogens (tertiary/aromatic N) is 1. The molecule has 0 saturated carbocycles. The van der Waals surface area contributed by atoms with Gasteiger partial charge in [-0.2, -0.15) is 0 Å². The number of hydrogen-bond acceptors (Lipinski definition) is 3. The normalized spacial score (nSPS) is 12.8. The highest BCUT2D eigenvalue weighted by molar-refractivity contribution is 5.53. The van der Waals surface area contributed by atoms with E-state index in [0.717, 1.165) is 17.1 Å². The topological polar surface area (TPSA) is 66.7 Å². The molecule has 1 aromatic heterocycles. The lowest BCUT2D eigenvalue weighted by molar-refractivity contribution is 0.918. The van der Waals surface area contributed by atoms with E-state index in [1.165, 1.54) is 22.3 Å². The van der Waals surface area contributed by atoms with E-state index in [0.29, 0.717) is 0 Å². The predicted molar refractivity (Wildman–Crippen MR) is 103 cm³/mol. The van der Waals surface area contributed by atoms with Crippen molar-refractivity contribution in [3.05, 3.63) is 94.8 Å². The van der Waals surface area contributed by atoms with Gasteiger partial charge in [0.15, 0.2) is 0 Å². The van der Waals surface area contributed by atoms with Crippen molar-refractivity contribution in [1.29, 1.82) is 0 Å². The summed E-state index contributed by atoms with van der Waals surface area (Å²) in [5, 5.41) is 3.25. The van der Waals surface area contributed by atoms with Gasteiger partial charge in [-0.05, 0) is 55.2 Å². The molecule has 0 radical (unpaired) electrons. The van der Waals surface area contributed by atoms with Crippen LogP contribution in [0, 0.1) is 13.8 Å². The quantitative estimate of drug-likeness (QED) is 0.647. The molecule has 1 unspecified atom stereocenters. The van der Waals surface area contributed by atoms with Gasteiger partial charge >= 0.3 is 0 Å². The van der Waals surface area contributed by atoms with Crippen LogP contribution in [0.25, 0.3) is 0 Å². The third-order valence-corrected chi connectivity index (χ3v) is 4.47. The lowest BCUT2D eigenvalue weighted by Gasteiger charge is -2.21. The van der Waals surface area contributed by atoms with E-state index in [2.05, 4.69) is 65.5 Å². The second kappa shape index (κ2) is 7.26. The summed E-state index contributed by atoms with van der Waals surface area (Å²) < 4.78 is 0. The number of H-pyrrole nitrogens is 1. The first-order valence-electron chi connectivity index (χ1n) is 8.39. The van der Waals surface area contributed by atoms with Gasteiger partial charge in [0.1, 0.15) is 0 Å². The van der Waals surface area contributed by atoms with Crippen molar-refractivity contribution in [2.45, 2.75) is 26.7 Å². The number of nitrogens with two attached hydrogens (primary N) is 1. The molecule has 2 aromatic carbocycles. The zero-order chi connectivity index (χ0) is 17.8. The Hall–Kier alpha value is -3.01. The van der Waals surface area contributed by atoms with E-state index in [-0.39, 0.29) is 5.92 Å². The van der Waals surface area contributed by atoms with Crippen LogP contribution in [0.15, 0.2) is 66.9 Å². The fourth-order valence-electron chi connectivity index (χ4n) is 3.04. The highest BCUT2D eigenvalue weighted by Gasteiger charge is 2.20. The van der Waals surface area contributed by atoms with Gasteiger partial charge in [-0.3, -0.25) is 0 Å². The predicted octanol–water partition coefficient (Wildman–Crippen LogP) is 4.44. The molecule has 0 amide bonds. The molecule has 0 bridgehead atoms. The first-order valence-corrected chi connectivity index (χ1v) is 8.39. The Balaban J connectivity index is 2.09. The summed E-state index contributed by atoms with van der Waals surface area (Å²) in [6.07, 6.45) is 5.44. The van der Waals surface area contributed by atoms with Crippen LogP contribution >= 0.6 is 0 Å². The Morgan fingerprint density at radius 1 is 1.20 bits per heavy atom. The molecule has 3 rings (SSSR count). The largest absolute Gasteiger partial charge is 0.401 e. The summed E-state index contributed by atoms with van der Waals surface area (Å²) in [5.41, 5.74) is 13.6. The zero-order valence-corrected chi connectivity index (χ0v) is 14.9. The van der Waals surface area contributed by atoms with Gasteiger partial charge in [0.05, 0.1) is 12.2 Å². The van der Waals surface area contributed by atoms with Gasteiger partial charge in [0, 0.05) is 29.5 Å². The molecule has 4 N–H and O–H groups in total. The van der Waals surface area contributed by atoms with Crippen LogP contribution in [0.5, 0.6) is 0 Å². The van der Waals surface area contributed by atoms with Gasteiger partial charge in [0.25, 0.3) is 0 Å². The number of aromatic amines is 1. The van der Waals surface area contributed by atoms with Crippen LogP contribution in [0.2, 0.25) is 0 Å². The highest BCUT2D eigenvalue weighted by atomic mass is 14.9. The number of allylic oxidation sites excluding steroid dienone is 1.